The van der Waals surface area contributed by atoms with Crippen LogP contribution >= 0.6 is 0 Å². The van der Waals surface area contributed by atoms with Gasteiger partial charge in [0.05, 0.1) is 0 Å². The normalized spacial score (nSPS) is 19.1. The molecule has 8 nitrogen and oxygen atoms in total. The Labute approximate surface area is 116 Å². The molecule has 110 valence electrons. The number of hydrogen-bond acceptors (Lipinski definition) is 6. The van der Waals surface area contributed by atoms with Crippen molar-refractivity contribution in [3.8, 4) is 0 Å². The second-order valence-corrected chi connectivity index (χ2v) is 4.64. The molecule has 2 heterocycles. The fourth-order valence-electron chi connectivity index (χ4n) is 2.01. The fourth-order valence-corrected chi connectivity index (χ4v) is 2.01. The highest BCUT2D eigenvalue weighted by atomic mass is 16.6. The third-order valence-electron chi connectivity index (χ3n) is 3.05. The minimum atomic E-state index is -0.685. The maximum Gasteiger partial charge on any atom is 0.407 e. The molecule has 1 aliphatic rings. The Morgan fingerprint density at radius 1 is 1.50 bits per heavy atom. The molecular weight excluding hydrogens is 264 g/mol. The lowest BCUT2D eigenvalue weighted by molar-refractivity contribution is 0.0989. The Bertz CT molecular complexity index is 466. The first-order chi connectivity index (χ1) is 9.65. The minimum Gasteiger partial charge on any atom is -0.441 e. The summed E-state index contributed by atoms with van der Waals surface area (Å²) in [6.45, 7) is 1.77. The highest BCUT2D eigenvalue weighted by Gasteiger charge is 2.16. The molecule has 1 aromatic rings. The number of primary amides is 1. The van der Waals surface area contributed by atoms with Crippen molar-refractivity contribution in [3.63, 3.8) is 0 Å². The zero-order chi connectivity index (χ0) is 14.4. The molecular formula is C12H18N4O4. The van der Waals surface area contributed by atoms with E-state index >= 15 is 0 Å². The van der Waals surface area contributed by atoms with Gasteiger partial charge in [0.25, 0.3) is 5.91 Å². The van der Waals surface area contributed by atoms with Gasteiger partial charge in [0.15, 0.2) is 18.1 Å². The first-order valence-electron chi connectivity index (χ1n) is 6.54. The van der Waals surface area contributed by atoms with Crippen LogP contribution in [0, 0.1) is 0 Å². The minimum absolute atomic E-state index is 0.0128. The van der Waals surface area contributed by atoms with Crippen molar-refractivity contribution in [3.05, 3.63) is 17.5 Å². The average Bonchev–Trinajstić information content (AvgIpc) is 2.75. The largest absolute Gasteiger partial charge is 0.441 e. The molecule has 1 fully saturated rings. The topological polar surface area (TPSA) is 119 Å². The van der Waals surface area contributed by atoms with Crippen molar-refractivity contribution in [2.45, 2.75) is 31.9 Å². The molecule has 0 bridgehead atoms. The molecule has 4 N–H and O–H groups in total. The number of hydrogen-bond donors (Lipinski definition) is 3. The average molecular weight is 282 g/mol. The number of carbonyl (C=O) groups is 2. The lowest BCUT2D eigenvalue weighted by Gasteiger charge is -2.15. The van der Waals surface area contributed by atoms with Crippen molar-refractivity contribution in [1.82, 2.24) is 15.8 Å². The summed E-state index contributed by atoms with van der Waals surface area (Å²) in [5, 5.41) is 9.52. The van der Waals surface area contributed by atoms with Crippen LogP contribution in [0.4, 0.5) is 4.79 Å². The van der Waals surface area contributed by atoms with Crippen molar-refractivity contribution >= 4 is 12.0 Å². The van der Waals surface area contributed by atoms with E-state index in [4.69, 9.17) is 15.0 Å². The first-order valence-corrected chi connectivity index (χ1v) is 6.54. The number of rotatable bonds is 4. The molecule has 2 amide bonds. The van der Waals surface area contributed by atoms with Crippen LogP contribution in [0.2, 0.25) is 0 Å². The van der Waals surface area contributed by atoms with Crippen LogP contribution in [0.5, 0.6) is 0 Å². The highest BCUT2D eigenvalue weighted by molar-refractivity contribution is 5.90. The SMILES string of the molecule is NC(=O)c1cc(COC(=O)NC2CCCNCC2)on1. The van der Waals surface area contributed by atoms with Gasteiger partial charge in [-0.1, -0.05) is 5.16 Å². The molecule has 0 saturated carbocycles. The van der Waals surface area contributed by atoms with Crippen LogP contribution in [-0.4, -0.2) is 36.3 Å². The summed E-state index contributed by atoms with van der Waals surface area (Å²) >= 11 is 0. The molecule has 1 aromatic heterocycles. The molecule has 0 aliphatic carbocycles. The van der Waals surface area contributed by atoms with Gasteiger partial charge in [-0.25, -0.2) is 4.79 Å². The van der Waals surface area contributed by atoms with Crippen molar-refractivity contribution in [1.29, 1.82) is 0 Å². The summed E-state index contributed by atoms with van der Waals surface area (Å²) in [5.74, 6) is -0.410. The standard InChI is InChI=1S/C12H18N4O4/c13-11(17)10-6-9(20-16-10)7-19-12(18)15-8-2-1-4-14-5-3-8/h6,8,14H,1-5,7H2,(H2,13,17)(H,15,18). The van der Waals surface area contributed by atoms with Gasteiger partial charge < -0.3 is 25.6 Å². The predicted octanol–water partition coefficient (Wildman–Crippen LogP) is 0.142. The van der Waals surface area contributed by atoms with E-state index in [1.807, 2.05) is 0 Å². The van der Waals surface area contributed by atoms with E-state index in [-0.39, 0.29) is 24.1 Å². The Kier molecular flexibility index (Phi) is 4.94. The van der Waals surface area contributed by atoms with Gasteiger partial charge in [0.2, 0.25) is 0 Å². The molecule has 1 aliphatic heterocycles. The van der Waals surface area contributed by atoms with Crippen molar-refractivity contribution in [2.75, 3.05) is 13.1 Å². The molecule has 1 unspecified atom stereocenters. The van der Waals surface area contributed by atoms with Crippen LogP contribution in [0.1, 0.15) is 35.5 Å². The van der Waals surface area contributed by atoms with Gasteiger partial charge in [-0.15, -0.1) is 0 Å². The van der Waals surface area contributed by atoms with Crippen LogP contribution in [-0.2, 0) is 11.3 Å². The van der Waals surface area contributed by atoms with Gasteiger partial charge in [0.1, 0.15) is 0 Å². The molecule has 20 heavy (non-hydrogen) atoms. The number of nitrogens with two attached hydrogens (primary N) is 1. The maximum absolute atomic E-state index is 11.6. The third-order valence-corrected chi connectivity index (χ3v) is 3.05. The summed E-state index contributed by atoms with van der Waals surface area (Å²) in [4.78, 5) is 22.5. The summed E-state index contributed by atoms with van der Waals surface area (Å²) in [6, 6.07) is 1.47. The second-order valence-electron chi connectivity index (χ2n) is 4.64. The van der Waals surface area contributed by atoms with Gasteiger partial charge in [0, 0.05) is 12.1 Å². The van der Waals surface area contributed by atoms with E-state index in [2.05, 4.69) is 15.8 Å². The molecule has 0 radical (unpaired) electrons. The number of amides is 2. The smallest absolute Gasteiger partial charge is 0.407 e. The van der Waals surface area contributed by atoms with E-state index in [1.165, 1.54) is 6.07 Å². The highest BCUT2D eigenvalue weighted by Crippen LogP contribution is 2.07. The molecule has 0 aromatic carbocycles. The summed E-state index contributed by atoms with van der Waals surface area (Å²) in [5.41, 5.74) is 5.05. The lowest BCUT2D eigenvalue weighted by Crippen LogP contribution is -2.35. The van der Waals surface area contributed by atoms with Crippen molar-refractivity contribution in [2.24, 2.45) is 5.73 Å². The van der Waals surface area contributed by atoms with Crippen LogP contribution in [0.3, 0.4) is 0 Å². The summed E-state index contributed by atoms with van der Waals surface area (Å²) in [7, 11) is 0. The number of nitrogens with one attached hydrogen (secondary N) is 2. The van der Waals surface area contributed by atoms with Crippen LogP contribution in [0.25, 0.3) is 0 Å². The molecule has 1 saturated heterocycles. The fraction of sp³-hybridized carbons (Fsp3) is 0.583. The monoisotopic (exact) mass is 282 g/mol. The number of ether oxygens (including phenoxy) is 1. The van der Waals surface area contributed by atoms with E-state index in [9.17, 15) is 9.59 Å². The van der Waals surface area contributed by atoms with E-state index in [1.54, 1.807) is 0 Å². The maximum atomic E-state index is 11.6. The Morgan fingerprint density at radius 2 is 2.35 bits per heavy atom. The van der Waals surface area contributed by atoms with E-state index < -0.39 is 12.0 Å². The molecule has 0 spiro atoms. The lowest BCUT2D eigenvalue weighted by atomic mass is 10.1. The third kappa shape index (κ3) is 4.23. The molecule has 1 atom stereocenters. The van der Waals surface area contributed by atoms with Gasteiger partial charge in [-0.05, 0) is 32.4 Å². The summed E-state index contributed by atoms with van der Waals surface area (Å²) < 4.78 is 9.83. The zero-order valence-corrected chi connectivity index (χ0v) is 11.1. The van der Waals surface area contributed by atoms with Gasteiger partial charge in [-0.3, -0.25) is 4.79 Å². The number of aromatic nitrogens is 1. The van der Waals surface area contributed by atoms with Gasteiger partial charge in [-0.2, -0.15) is 0 Å². The Morgan fingerprint density at radius 3 is 3.10 bits per heavy atom. The van der Waals surface area contributed by atoms with Crippen LogP contribution in [0.15, 0.2) is 10.6 Å². The molecule has 2 rings (SSSR count). The number of nitrogens with zero attached hydrogens (tertiary/aromatic N) is 1. The quantitative estimate of drug-likeness (QED) is 0.722. The van der Waals surface area contributed by atoms with E-state index in [0.717, 1.165) is 32.4 Å². The Balaban J connectivity index is 1.74. The zero-order valence-electron chi connectivity index (χ0n) is 11.1. The predicted molar refractivity (Wildman–Crippen MR) is 68.9 cm³/mol. The Hall–Kier alpha value is -2.09. The van der Waals surface area contributed by atoms with Crippen LogP contribution < -0.4 is 16.4 Å². The number of carbonyl (C=O) groups excluding carboxylic acids is 2. The summed E-state index contributed by atoms with van der Waals surface area (Å²) in [6.07, 6.45) is 2.32. The van der Waals surface area contributed by atoms with Crippen molar-refractivity contribution < 1.29 is 18.8 Å². The van der Waals surface area contributed by atoms with E-state index in [0.29, 0.717) is 0 Å². The second kappa shape index (κ2) is 6.90. The van der Waals surface area contributed by atoms with Gasteiger partial charge >= 0.3 is 6.09 Å². The molecule has 8 heteroatoms. The number of alkyl carbamates (subject to hydrolysis) is 1. The first kappa shape index (κ1) is 14.3.